The van der Waals surface area contributed by atoms with Crippen LogP contribution in [0.3, 0.4) is 0 Å². The third kappa shape index (κ3) is 3.20. The zero-order valence-corrected chi connectivity index (χ0v) is 13.4. The molecule has 1 atom stereocenters. The van der Waals surface area contributed by atoms with E-state index in [0.717, 1.165) is 13.0 Å². The van der Waals surface area contributed by atoms with Crippen LogP contribution in [0.1, 0.15) is 38.5 Å². The standard InChI is InChI=1S/C17H23NO2S/c1-20-15-12-21-16(17(15)19)11-14-9-5-6-10-18(14)13-7-3-2-4-8-13/h5-6,9,12-13,16H,2-4,7-8,10-11H2,1H3. The van der Waals surface area contributed by atoms with Crippen LogP contribution in [0.15, 0.2) is 35.1 Å². The second kappa shape index (κ2) is 6.73. The molecule has 0 spiro atoms. The number of thioether (sulfide) groups is 1. The van der Waals surface area contributed by atoms with Gasteiger partial charge < -0.3 is 9.64 Å². The average Bonchev–Trinajstić information content (AvgIpc) is 2.89. The Morgan fingerprint density at radius 2 is 2.14 bits per heavy atom. The van der Waals surface area contributed by atoms with Crippen molar-refractivity contribution < 1.29 is 9.53 Å². The minimum atomic E-state index is -0.0104. The predicted molar refractivity (Wildman–Crippen MR) is 86.9 cm³/mol. The Morgan fingerprint density at radius 3 is 2.86 bits per heavy atom. The molecule has 21 heavy (non-hydrogen) atoms. The van der Waals surface area contributed by atoms with E-state index in [0.29, 0.717) is 11.8 Å². The van der Waals surface area contributed by atoms with Gasteiger partial charge >= 0.3 is 0 Å². The number of hydrogen-bond acceptors (Lipinski definition) is 4. The fourth-order valence-corrected chi connectivity index (χ4v) is 4.44. The maximum atomic E-state index is 12.2. The number of ether oxygens (including phenoxy) is 1. The van der Waals surface area contributed by atoms with Gasteiger partial charge in [0, 0.05) is 30.1 Å². The van der Waals surface area contributed by atoms with E-state index in [4.69, 9.17) is 4.74 Å². The predicted octanol–water partition coefficient (Wildman–Crippen LogP) is 3.64. The van der Waals surface area contributed by atoms with Crippen molar-refractivity contribution in [3.8, 4) is 0 Å². The molecule has 1 unspecified atom stereocenters. The second-order valence-electron chi connectivity index (χ2n) is 5.91. The Labute approximate surface area is 131 Å². The third-order valence-corrected chi connectivity index (χ3v) is 5.66. The number of carbonyl (C=O) groups excluding carboxylic acids is 1. The summed E-state index contributed by atoms with van der Waals surface area (Å²) in [5, 5.41) is 1.85. The van der Waals surface area contributed by atoms with E-state index in [9.17, 15) is 4.79 Å². The monoisotopic (exact) mass is 305 g/mol. The summed E-state index contributed by atoms with van der Waals surface area (Å²) in [4.78, 5) is 14.7. The summed E-state index contributed by atoms with van der Waals surface area (Å²) >= 11 is 1.60. The number of methoxy groups -OCH3 is 1. The minimum Gasteiger partial charge on any atom is -0.492 e. The summed E-state index contributed by atoms with van der Waals surface area (Å²) in [6.07, 6.45) is 14.0. The van der Waals surface area contributed by atoms with Gasteiger partial charge in [0.1, 0.15) is 0 Å². The van der Waals surface area contributed by atoms with Crippen molar-refractivity contribution in [1.82, 2.24) is 4.90 Å². The maximum absolute atomic E-state index is 12.2. The van der Waals surface area contributed by atoms with Gasteiger partial charge in [-0.2, -0.15) is 0 Å². The number of Topliss-reactive ketones (excluding diaryl/α,β-unsaturated/α-hetero) is 1. The molecule has 3 aliphatic rings. The van der Waals surface area contributed by atoms with Gasteiger partial charge in [0.2, 0.25) is 5.78 Å². The van der Waals surface area contributed by atoms with E-state index in [2.05, 4.69) is 23.1 Å². The summed E-state index contributed by atoms with van der Waals surface area (Å²) in [5.74, 6) is 0.655. The lowest BCUT2D eigenvalue weighted by atomic mass is 9.92. The van der Waals surface area contributed by atoms with Crippen LogP contribution in [0.4, 0.5) is 0 Å². The molecule has 4 heteroatoms. The fourth-order valence-electron chi connectivity index (χ4n) is 3.43. The smallest absolute Gasteiger partial charge is 0.211 e. The molecule has 3 nitrogen and oxygen atoms in total. The molecule has 1 saturated carbocycles. The number of ketones is 1. The fraction of sp³-hybridized carbons (Fsp3) is 0.588. The highest BCUT2D eigenvalue weighted by Crippen LogP contribution is 2.35. The first kappa shape index (κ1) is 14.8. The van der Waals surface area contributed by atoms with Gasteiger partial charge in [0.25, 0.3) is 0 Å². The Bertz CT molecular complexity index is 489. The molecule has 0 radical (unpaired) electrons. The highest BCUT2D eigenvalue weighted by Gasteiger charge is 2.32. The van der Waals surface area contributed by atoms with Gasteiger partial charge in [0.05, 0.1) is 12.4 Å². The zero-order valence-electron chi connectivity index (χ0n) is 12.6. The van der Waals surface area contributed by atoms with Crippen LogP contribution in [-0.4, -0.2) is 35.6 Å². The number of carbonyl (C=O) groups is 1. The first-order valence-electron chi connectivity index (χ1n) is 7.86. The Balaban J connectivity index is 1.66. The van der Waals surface area contributed by atoms with Crippen molar-refractivity contribution in [2.24, 2.45) is 0 Å². The molecule has 0 aromatic rings. The first-order valence-corrected chi connectivity index (χ1v) is 8.80. The lowest BCUT2D eigenvalue weighted by Crippen LogP contribution is -2.38. The van der Waals surface area contributed by atoms with Gasteiger partial charge in [-0.05, 0) is 18.9 Å². The molecule has 1 fully saturated rings. The lowest BCUT2D eigenvalue weighted by Gasteiger charge is -2.39. The molecule has 114 valence electrons. The van der Waals surface area contributed by atoms with Crippen molar-refractivity contribution >= 4 is 17.5 Å². The number of nitrogens with zero attached hydrogens (tertiary/aromatic N) is 1. The Kier molecular flexibility index (Phi) is 4.73. The van der Waals surface area contributed by atoms with Crippen molar-refractivity contribution in [2.45, 2.75) is 49.8 Å². The normalized spacial score (nSPS) is 26.8. The van der Waals surface area contributed by atoms with Crippen LogP contribution >= 0.6 is 11.8 Å². The molecule has 0 saturated heterocycles. The number of rotatable bonds is 4. The van der Waals surface area contributed by atoms with Gasteiger partial charge in [-0.3, -0.25) is 4.79 Å². The van der Waals surface area contributed by atoms with Crippen LogP contribution in [0.5, 0.6) is 0 Å². The number of hydrogen-bond donors (Lipinski definition) is 0. The van der Waals surface area contributed by atoms with Crippen LogP contribution < -0.4 is 0 Å². The Morgan fingerprint density at radius 1 is 1.33 bits per heavy atom. The van der Waals surface area contributed by atoms with Crippen LogP contribution in [-0.2, 0) is 9.53 Å². The molecule has 0 bridgehead atoms. The van der Waals surface area contributed by atoms with Crippen LogP contribution in [0.2, 0.25) is 0 Å². The lowest BCUT2D eigenvalue weighted by molar-refractivity contribution is -0.117. The zero-order chi connectivity index (χ0) is 14.7. The molecule has 0 aromatic carbocycles. The van der Waals surface area contributed by atoms with Crippen LogP contribution in [0.25, 0.3) is 0 Å². The average molecular weight is 305 g/mol. The molecule has 1 aliphatic carbocycles. The molecule has 2 heterocycles. The summed E-state index contributed by atoms with van der Waals surface area (Å²) in [6, 6.07) is 0.659. The van der Waals surface area contributed by atoms with Gasteiger partial charge in [-0.15, -0.1) is 11.8 Å². The molecule has 0 aromatic heterocycles. The van der Waals surface area contributed by atoms with E-state index in [-0.39, 0.29) is 11.0 Å². The summed E-state index contributed by atoms with van der Waals surface area (Å²) in [6.45, 7) is 0.993. The van der Waals surface area contributed by atoms with Crippen molar-refractivity contribution in [3.63, 3.8) is 0 Å². The van der Waals surface area contributed by atoms with Gasteiger partial charge in [-0.25, -0.2) is 0 Å². The van der Waals surface area contributed by atoms with Gasteiger partial charge in [0.15, 0.2) is 5.76 Å². The topological polar surface area (TPSA) is 29.5 Å². The molecule has 0 N–H and O–H groups in total. The molecular formula is C17H23NO2S. The SMILES string of the molecule is COC1=CSC(CC2=CC=CCN2C2CCCCC2)C1=O. The molecule has 0 amide bonds. The van der Waals surface area contributed by atoms with E-state index in [1.54, 1.807) is 18.9 Å². The highest BCUT2D eigenvalue weighted by atomic mass is 32.2. The molecule has 3 rings (SSSR count). The van der Waals surface area contributed by atoms with Crippen molar-refractivity contribution in [1.29, 1.82) is 0 Å². The quantitative estimate of drug-likeness (QED) is 0.793. The van der Waals surface area contributed by atoms with Crippen molar-refractivity contribution in [2.75, 3.05) is 13.7 Å². The maximum Gasteiger partial charge on any atom is 0.211 e. The number of allylic oxidation sites excluding steroid dienone is 4. The molecular weight excluding hydrogens is 282 g/mol. The summed E-state index contributed by atoms with van der Waals surface area (Å²) in [7, 11) is 1.57. The van der Waals surface area contributed by atoms with Crippen LogP contribution in [0, 0.1) is 0 Å². The summed E-state index contributed by atoms with van der Waals surface area (Å²) in [5.41, 5.74) is 1.32. The largest absolute Gasteiger partial charge is 0.492 e. The van der Waals surface area contributed by atoms with E-state index < -0.39 is 0 Å². The Hall–Kier alpha value is -1.16. The second-order valence-corrected chi connectivity index (χ2v) is 6.99. The van der Waals surface area contributed by atoms with Gasteiger partial charge in [-0.1, -0.05) is 31.4 Å². The van der Waals surface area contributed by atoms with E-state index >= 15 is 0 Å². The highest BCUT2D eigenvalue weighted by molar-refractivity contribution is 8.04. The minimum absolute atomic E-state index is 0.0104. The van der Waals surface area contributed by atoms with E-state index in [1.165, 1.54) is 37.8 Å². The van der Waals surface area contributed by atoms with E-state index in [1.807, 2.05) is 5.41 Å². The summed E-state index contributed by atoms with van der Waals surface area (Å²) < 4.78 is 5.13. The molecule has 2 aliphatic heterocycles. The third-order valence-electron chi connectivity index (χ3n) is 4.60. The van der Waals surface area contributed by atoms with Crippen molar-refractivity contribution in [3.05, 3.63) is 35.1 Å². The first-order chi connectivity index (χ1) is 10.3.